The highest BCUT2D eigenvalue weighted by Gasteiger charge is 2.35. The normalized spacial score (nSPS) is 18.5. The van der Waals surface area contributed by atoms with Crippen molar-refractivity contribution in [1.82, 2.24) is 10.6 Å². The molecule has 0 bridgehead atoms. The van der Waals surface area contributed by atoms with Crippen molar-refractivity contribution < 1.29 is 14.3 Å². The van der Waals surface area contributed by atoms with E-state index < -0.39 is 11.5 Å². The summed E-state index contributed by atoms with van der Waals surface area (Å²) >= 11 is 0. The Morgan fingerprint density at radius 3 is 2.59 bits per heavy atom. The van der Waals surface area contributed by atoms with Crippen LogP contribution in [-0.2, 0) is 9.53 Å². The van der Waals surface area contributed by atoms with Crippen LogP contribution < -0.4 is 10.6 Å². The molecule has 17 heavy (non-hydrogen) atoms. The van der Waals surface area contributed by atoms with Crippen LogP contribution in [0.25, 0.3) is 0 Å². The van der Waals surface area contributed by atoms with E-state index in [9.17, 15) is 9.59 Å². The topological polar surface area (TPSA) is 67.4 Å². The first kappa shape index (κ1) is 14.0. The lowest BCUT2D eigenvalue weighted by Gasteiger charge is -2.31. The van der Waals surface area contributed by atoms with Gasteiger partial charge in [0.05, 0.1) is 6.61 Å². The molecule has 98 valence electrons. The molecule has 1 heterocycles. The third kappa shape index (κ3) is 4.34. The van der Waals surface area contributed by atoms with E-state index in [0.717, 1.165) is 38.8 Å². The molecule has 1 aliphatic heterocycles. The van der Waals surface area contributed by atoms with Gasteiger partial charge in [0.25, 0.3) is 0 Å². The Kier molecular flexibility index (Phi) is 5.41. The fourth-order valence-corrected chi connectivity index (χ4v) is 1.79. The number of nitrogens with one attached hydrogen (secondary N) is 2. The van der Waals surface area contributed by atoms with Gasteiger partial charge < -0.3 is 10.1 Å². The predicted molar refractivity (Wildman–Crippen MR) is 64.6 cm³/mol. The van der Waals surface area contributed by atoms with Crippen molar-refractivity contribution >= 4 is 12.0 Å². The van der Waals surface area contributed by atoms with Crippen molar-refractivity contribution in [3.63, 3.8) is 0 Å². The Morgan fingerprint density at radius 1 is 1.35 bits per heavy atom. The summed E-state index contributed by atoms with van der Waals surface area (Å²) in [6.45, 7) is 5.91. The van der Waals surface area contributed by atoms with Gasteiger partial charge in [-0.15, -0.1) is 0 Å². The first-order valence-electron chi connectivity index (χ1n) is 6.27. The van der Waals surface area contributed by atoms with E-state index in [1.807, 2.05) is 13.8 Å². The van der Waals surface area contributed by atoms with Gasteiger partial charge in [0.1, 0.15) is 0 Å². The van der Waals surface area contributed by atoms with Gasteiger partial charge in [-0.1, -0.05) is 20.3 Å². The number of piperidine rings is 1. The maximum atomic E-state index is 11.9. The summed E-state index contributed by atoms with van der Waals surface area (Å²) in [5.74, 6) is -0.222. The monoisotopic (exact) mass is 242 g/mol. The van der Waals surface area contributed by atoms with Crippen LogP contribution >= 0.6 is 0 Å². The summed E-state index contributed by atoms with van der Waals surface area (Å²) in [6, 6.07) is 0. The number of rotatable bonds is 4. The maximum absolute atomic E-state index is 11.9. The van der Waals surface area contributed by atoms with E-state index in [1.165, 1.54) is 0 Å². The van der Waals surface area contributed by atoms with Crippen molar-refractivity contribution in [1.29, 1.82) is 0 Å². The number of amides is 2. The molecule has 1 rings (SSSR count). The molecule has 0 aromatic rings. The molecule has 5 heteroatoms. The molecule has 0 radical (unpaired) electrons. The van der Waals surface area contributed by atoms with Gasteiger partial charge in [0, 0.05) is 5.41 Å². The molecule has 0 saturated carbocycles. The molecule has 1 saturated heterocycles. The first-order chi connectivity index (χ1) is 8.08. The summed E-state index contributed by atoms with van der Waals surface area (Å²) in [5.41, 5.74) is -0.449. The standard InChI is InChI=1S/C12H22N2O3/c1-3-4-9-17-11(16)14-10(15)12(2)5-7-13-8-6-12/h13H,3-9H2,1-2H3,(H,14,15,16). The van der Waals surface area contributed by atoms with Crippen molar-refractivity contribution in [2.75, 3.05) is 19.7 Å². The smallest absolute Gasteiger partial charge is 0.413 e. The lowest BCUT2D eigenvalue weighted by molar-refractivity contribution is -0.130. The highest BCUT2D eigenvalue weighted by molar-refractivity contribution is 5.95. The highest BCUT2D eigenvalue weighted by atomic mass is 16.5. The molecule has 1 aliphatic rings. The van der Waals surface area contributed by atoms with Gasteiger partial charge >= 0.3 is 6.09 Å². The molecule has 0 spiro atoms. The second-order valence-corrected chi connectivity index (χ2v) is 4.75. The summed E-state index contributed by atoms with van der Waals surface area (Å²) in [5, 5.41) is 5.52. The number of hydrogen-bond donors (Lipinski definition) is 2. The minimum Gasteiger partial charge on any atom is -0.449 e. The van der Waals surface area contributed by atoms with E-state index in [4.69, 9.17) is 4.74 Å². The molecular weight excluding hydrogens is 220 g/mol. The third-order valence-electron chi connectivity index (χ3n) is 3.20. The average Bonchev–Trinajstić information content (AvgIpc) is 2.30. The third-order valence-corrected chi connectivity index (χ3v) is 3.20. The van der Waals surface area contributed by atoms with E-state index in [-0.39, 0.29) is 5.91 Å². The molecule has 2 amide bonds. The lowest BCUT2D eigenvalue weighted by atomic mass is 9.80. The van der Waals surface area contributed by atoms with Gasteiger partial charge in [-0.2, -0.15) is 0 Å². The Labute approximate surface area is 102 Å². The zero-order valence-electron chi connectivity index (χ0n) is 10.7. The van der Waals surface area contributed by atoms with Crippen molar-refractivity contribution in [2.45, 2.75) is 39.5 Å². The van der Waals surface area contributed by atoms with Crippen LogP contribution in [0.2, 0.25) is 0 Å². The van der Waals surface area contributed by atoms with Crippen LogP contribution in [0.4, 0.5) is 4.79 Å². The van der Waals surface area contributed by atoms with Gasteiger partial charge in [-0.3, -0.25) is 10.1 Å². The van der Waals surface area contributed by atoms with Crippen molar-refractivity contribution in [2.24, 2.45) is 5.41 Å². The van der Waals surface area contributed by atoms with Crippen LogP contribution in [0.1, 0.15) is 39.5 Å². The van der Waals surface area contributed by atoms with Gasteiger partial charge in [0.2, 0.25) is 5.91 Å². The Hall–Kier alpha value is -1.10. The summed E-state index contributed by atoms with van der Waals surface area (Å²) in [7, 11) is 0. The number of alkyl carbamates (subject to hydrolysis) is 1. The van der Waals surface area contributed by atoms with E-state index in [2.05, 4.69) is 10.6 Å². The van der Waals surface area contributed by atoms with E-state index in [0.29, 0.717) is 6.61 Å². The molecule has 0 aromatic carbocycles. The molecule has 0 aliphatic carbocycles. The molecule has 5 nitrogen and oxygen atoms in total. The van der Waals surface area contributed by atoms with E-state index >= 15 is 0 Å². The molecule has 0 atom stereocenters. The van der Waals surface area contributed by atoms with Crippen LogP contribution in [-0.4, -0.2) is 31.7 Å². The first-order valence-corrected chi connectivity index (χ1v) is 6.27. The molecule has 0 aromatic heterocycles. The molecular formula is C12H22N2O3. The molecule has 2 N–H and O–H groups in total. The Bertz CT molecular complexity index is 273. The Morgan fingerprint density at radius 2 is 2.00 bits per heavy atom. The zero-order chi connectivity index (χ0) is 12.7. The summed E-state index contributed by atoms with van der Waals surface area (Å²) in [6.07, 6.45) is 2.67. The minimum absolute atomic E-state index is 0.222. The second kappa shape index (κ2) is 6.59. The molecule has 1 fully saturated rings. The van der Waals surface area contributed by atoms with Crippen LogP contribution in [0, 0.1) is 5.41 Å². The average molecular weight is 242 g/mol. The number of imide groups is 1. The fraction of sp³-hybridized carbons (Fsp3) is 0.833. The maximum Gasteiger partial charge on any atom is 0.413 e. The molecule has 0 unspecified atom stereocenters. The number of unbranched alkanes of at least 4 members (excludes halogenated alkanes) is 1. The van der Waals surface area contributed by atoms with E-state index in [1.54, 1.807) is 0 Å². The number of hydrogen-bond acceptors (Lipinski definition) is 4. The predicted octanol–water partition coefficient (Wildman–Crippen LogP) is 1.43. The number of carbonyl (C=O) groups excluding carboxylic acids is 2. The second-order valence-electron chi connectivity index (χ2n) is 4.75. The number of carbonyl (C=O) groups is 2. The highest BCUT2D eigenvalue weighted by Crippen LogP contribution is 2.27. The van der Waals surface area contributed by atoms with Crippen LogP contribution in [0.5, 0.6) is 0 Å². The quantitative estimate of drug-likeness (QED) is 0.732. The fourth-order valence-electron chi connectivity index (χ4n) is 1.79. The lowest BCUT2D eigenvalue weighted by Crippen LogP contribution is -2.47. The van der Waals surface area contributed by atoms with Gasteiger partial charge in [-0.05, 0) is 32.4 Å². The van der Waals surface area contributed by atoms with Crippen molar-refractivity contribution in [3.05, 3.63) is 0 Å². The van der Waals surface area contributed by atoms with Crippen LogP contribution in [0.3, 0.4) is 0 Å². The Balaban J connectivity index is 2.34. The summed E-state index contributed by atoms with van der Waals surface area (Å²) < 4.78 is 4.90. The number of ether oxygens (including phenoxy) is 1. The van der Waals surface area contributed by atoms with Gasteiger partial charge in [-0.25, -0.2) is 4.79 Å². The zero-order valence-corrected chi connectivity index (χ0v) is 10.7. The minimum atomic E-state index is -0.622. The van der Waals surface area contributed by atoms with Crippen molar-refractivity contribution in [3.8, 4) is 0 Å². The largest absolute Gasteiger partial charge is 0.449 e. The van der Waals surface area contributed by atoms with Crippen LogP contribution in [0.15, 0.2) is 0 Å². The van der Waals surface area contributed by atoms with Gasteiger partial charge in [0.15, 0.2) is 0 Å². The SMILES string of the molecule is CCCCOC(=O)NC(=O)C1(C)CCNCC1. The summed E-state index contributed by atoms with van der Waals surface area (Å²) in [4.78, 5) is 23.3.